The van der Waals surface area contributed by atoms with Gasteiger partial charge in [-0.05, 0) is 24.5 Å². The van der Waals surface area contributed by atoms with E-state index < -0.39 is 5.97 Å². The van der Waals surface area contributed by atoms with Gasteiger partial charge in [-0.15, -0.1) is 0 Å². The molecule has 0 bridgehead atoms. The largest absolute Gasteiger partial charge is 0.478 e. The second kappa shape index (κ2) is 5.78. The zero-order chi connectivity index (χ0) is 11.1. The summed E-state index contributed by atoms with van der Waals surface area (Å²) >= 11 is 0. The summed E-state index contributed by atoms with van der Waals surface area (Å²) in [5.41, 5.74) is 0.689. The molecule has 4 heteroatoms. The van der Waals surface area contributed by atoms with E-state index in [1.54, 1.807) is 6.07 Å². The third-order valence-electron chi connectivity index (χ3n) is 1.69. The van der Waals surface area contributed by atoms with Crippen molar-refractivity contribution < 1.29 is 15.0 Å². The number of rotatable bonds is 3. The van der Waals surface area contributed by atoms with E-state index in [0.29, 0.717) is 18.5 Å². The molecule has 0 unspecified atom stereocenters. The minimum atomic E-state index is -0.998. The number of unbranched alkanes of at least 4 members (excludes halogenated alkanes) is 1. The number of nitrogens with zero attached hydrogens (tertiary/aromatic N) is 1. The minimum absolute atomic E-state index is 0.125. The summed E-state index contributed by atoms with van der Waals surface area (Å²) < 4.78 is 0. The number of aliphatic hydroxyl groups is 1. The molecule has 0 aliphatic rings. The first kappa shape index (κ1) is 11.2. The first-order valence-electron chi connectivity index (χ1n) is 4.53. The van der Waals surface area contributed by atoms with E-state index in [0.717, 1.165) is 0 Å². The number of carboxylic acids is 1. The Bertz CT molecular complexity index is 387. The van der Waals surface area contributed by atoms with E-state index in [1.165, 1.54) is 12.3 Å². The van der Waals surface area contributed by atoms with Gasteiger partial charge in [0.05, 0.1) is 5.56 Å². The zero-order valence-corrected chi connectivity index (χ0v) is 8.10. The Balaban J connectivity index is 2.63. The summed E-state index contributed by atoms with van der Waals surface area (Å²) in [6.45, 7) is 0.125. The molecule has 0 amide bonds. The van der Waals surface area contributed by atoms with Crippen molar-refractivity contribution in [3.8, 4) is 11.8 Å². The van der Waals surface area contributed by atoms with Gasteiger partial charge in [-0.1, -0.05) is 5.92 Å². The molecule has 0 atom stereocenters. The van der Waals surface area contributed by atoms with Gasteiger partial charge < -0.3 is 10.2 Å². The fraction of sp³-hybridized carbons (Fsp3) is 0.273. The lowest BCUT2D eigenvalue weighted by Gasteiger charge is -1.92. The van der Waals surface area contributed by atoms with Gasteiger partial charge in [0.25, 0.3) is 0 Å². The molecule has 15 heavy (non-hydrogen) atoms. The second-order valence-electron chi connectivity index (χ2n) is 2.87. The second-order valence-corrected chi connectivity index (χ2v) is 2.87. The molecule has 0 fully saturated rings. The molecular weight excluding hydrogens is 194 g/mol. The maximum atomic E-state index is 10.5. The summed E-state index contributed by atoms with van der Waals surface area (Å²) in [6, 6.07) is 3.03. The van der Waals surface area contributed by atoms with E-state index in [1.807, 2.05) is 0 Å². The van der Waals surface area contributed by atoms with E-state index in [4.69, 9.17) is 10.2 Å². The van der Waals surface area contributed by atoms with Crippen LogP contribution in [0.1, 0.15) is 28.9 Å². The number of hydrogen-bond acceptors (Lipinski definition) is 3. The third-order valence-corrected chi connectivity index (χ3v) is 1.69. The van der Waals surface area contributed by atoms with Gasteiger partial charge in [-0.3, -0.25) is 0 Å². The van der Waals surface area contributed by atoms with Crippen molar-refractivity contribution >= 4 is 5.97 Å². The molecule has 0 aromatic carbocycles. The Morgan fingerprint density at radius 2 is 2.27 bits per heavy atom. The van der Waals surface area contributed by atoms with Gasteiger partial charge in [0.2, 0.25) is 0 Å². The highest BCUT2D eigenvalue weighted by Crippen LogP contribution is 1.99. The molecule has 0 saturated carbocycles. The molecule has 0 radical (unpaired) electrons. The summed E-state index contributed by atoms with van der Waals surface area (Å²) in [7, 11) is 0. The summed E-state index contributed by atoms with van der Waals surface area (Å²) in [4.78, 5) is 14.4. The number of carboxylic acid groups (broad SMARTS) is 1. The standard InChI is InChI=1S/C11H11NO3/c13-7-3-1-2-4-10-6-5-9(8-12-10)11(14)15/h5-6,8,13H,1,3,7H2,(H,14,15). The molecule has 78 valence electrons. The van der Waals surface area contributed by atoms with Crippen LogP contribution in [0.3, 0.4) is 0 Å². The van der Waals surface area contributed by atoms with Crippen LogP contribution >= 0.6 is 0 Å². The molecule has 1 aromatic rings. The first-order chi connectivity index (χ1) is 7.24. The van der Waals surface area contributed by atoms with Crippen molar-refractivity contribution in [1.82, 2.24) is 4.98 Å². The lowest BCUT2D eigenvalue weighted by molar-refractivity contribution is 0.0696. The molecule has 0 aliphatic heterocycles. The fourth-order valence-electron chi connectivity index (χ4n) is 0.915. The molecule has 0 saturated heterocycles. The van der Waals surface area contributed by atoms with Crippen LogP contribution in [0.4, 0.5) is 0 Å². The molecule has 0 spiro atoms. The van der Waals surface area contributed by atoms with Crippen molar-refractivity contribution in [2.75, 3.05) is 6.61 Å². The monoisotopic (exact) mass is 205 g/mol. The zero-order valence-electron chi connectivity index (χ0n) is 8.10. The summed E-state index contributed by atoms with van der Waals surface area (Å²) in [6.07, 6.45) is 2.53. The molecule has 1 heterocycles. The van der Waals surface area contributed by atoms with Crippen LogP contribution in [-0.4, -0.2) is 27.8 Å². The highest BCUT2D eigenvalue weighted by molar-refractivity contribution is 5.87. The smallest absolute Gasteiger partial charge is 0.337 e. The number of aromatic nitrogens is 1. The van der Waals surface area contributed by atoms with Crippen LogP contribution in [0.5, 0.6) is 0 Å². The van der Waals surface area contributed by atoms with Gasteiger partial charge >= 0.3 is 5.97 Å². The third kappa shape index (κ3) is 3.79. The molecule has 2 N–H and O–H groups in total. The van der Waals surface area contributed by atoms with Gasteiger partial charge in [0.15, 0.2) is 0 Å². The maximum absolute atomic E-state index is 10.5. The number of aliphatic hydroxyl groups excluding tert-OH is 1. The molecular formula is C11H11NO3. The van der Waals surface area contributed by atoms with Crippen LogP contribution in [0.15, 0.2) is 18.3 Å². The summed E-state index contributed by atoms with van der Waals surface area (Å²) in [5.74, 6) is 4.61. The Hall–Kier alpha value is -1.86. The van der Waals surface area contributed by atoms with Crippen molar-refractivity contribution in [3.05, 3.63) is 29.6 Å². The topological polar surface area (TPSA) is 70.4 Å². The van der Waals surface area contributed by atoms with E-state index in [-0.39, 0.29) is 12.2 Å². The quantitative estimate of drug-likeness (QED) is 0.568. The Kier molecular flexibility index (Phi) is 4.32. The van der Waals surface area contributed by atoms with E-state index in [9.17, 15) is 4.79 Å². The van der Waals surface area contributed by atoms with Gasteiger partial charge in [-0.2, -0.15) is 0 Å². The lowest BCUT2D eigenvalue weighted by Crippen LogP contribution is -1.97. The van der Waals surface area contributed by atoms with Crippen molar-refractivity contribution in [3.63, 3.8) is 0 Å². The number of carbonyl (C=O) groups is 1. The average molecular weight is 205 g/mol. The first-order valence-corrected chi connectivity index (χ1v) is 4.53. The summed E-state index contributed by atoms with van der Waals surface area (Å²) in [5, 5.41) is 17.1. The highest BCUT2D eigenvalue weighted by atomic mass is 16.4. The average Bonchev–Trinajstić information content (AvgIpc) is 2.25. The van der Waals surface area contributed by atoms with Crippen LogP contribution in [0, 0.1) is 11.8 Å². The van der Waals surface area contributed by atoms with Crippen LogP contribution < -0.4 is 0 Å². The SMILES string of the molecule is O=C(O)c1ccc(C#CCCCO)nc1. The van der Waals surface area contributed by atoms with E-state index >= 15 is 0 Å². The molecule has 1 rings (SSSR count). The normalized spacial score (nSPS) is 9.13. The number of pyridine rings is 1. The minimum Gasteiger partial charge on any atom is -0.478 e. The molecule has 0 aliphatic carbocycles. The molecule has 4 nitrogen and oxygen atoms in total. The highest BCUT2D eigenvalue weighted by Gasteiger charge is 2.00. The van der Waals surface area contributed by atoms with Crippen LogP contribution in [-0.2, 0) is 0 Å². The lowest BCUT2D eigenvalue weighted by atomic mass is 10.2. The van der Waals surface area contributed by atoms with Crippen molar-refractivity contribution in [2.24, 2.45) is 0 Å². The van der Waals surface area contributed by atoms with E-state index in [2.05, 4.69) is 16.8 Å². The Morgan fingerprint density at radius 1 is 1.47 bits per heavy atom. The van der Waals surface area contributed by atoms with Gasteiger partial charge in [0.1, 0.15) is 5.69 Å². The predicted octanol–water partition coefficient (Wildman–Crippen LogP) is 0.904. The van der Waals surface area contributed by atoms with Gasteiger partial charge in [0, 0.05) is 19.2 Å². The van der Waals surface area contributed by atoms with Gasteiger partial charge in [-0.25, -0.2) is 9.78 Å². The number of hydrogen-bond donors (Lipinski definition) is 2. The number of aromatic carboxylic acids is 1. The van der Waals surface area contributed by atoms with Crippen LogP contribution in [0.25, 0.3) is 0 Å². The molecule has 1 aromatic heterocycles. The fourth-order valence-corrected chi connectivity index (χ4v) is 0.915. The van der Waals surface area contributed by atoms with Crippen molar-refractivity contribution in [1.29, 1.82) is 0 Å². The Morgan fingerprint density at radius 3 is 2.80 bits per heavy atom. The van der Waals surface area contributed by atoms with Crippen molar-refractivity contribution in [2.45, 2.75) is 12.8 Å². The Labute approximate surface area is 87.6 Å². The van der Waals surface area contributed by atoms with Crippen LogP contribution in [0.2, 0.25) is 0 Å². The predicted molar refractivity (Wildman–Crippen MR) is 54.4 cm³/mol. The maximum Gasteiger partial charge on any atom is 0.337 e.